The maximum Gasteiger partial charge on any atom is 0.271 e. The number of aliphatic hydroxyl groups is 1. The van der Waals surface area contributed by atoms with E-state index < -0.39 is 36.0 Å². The highest BCUT2D eigenvalue weighted by atomic mass is 35.5. The fraction of sp³-hybridized carbons (Fsp3) is 0.280. The van der Waals surface area contributed by atoms with Gasteiger partial charge in [-0.05, 0) is 55.8 Å². The molecule has 8 nitrogen and oxygen atoms in total. The van der Waals surface area contributed by atoms with Crippen LogP contribution in [0.15, 0.2) is 55.0 Å². The Morgan fingerprint density at radius 2 is 2.03 bits per heavy atom. The lowest BCUT2D eigenvalue weighted by Crippen LogP contribution is -2.46. The van der Waals surface area contributed by atoms with Gasteiger partial charge in [-0.2, -0.15) is 0 Å². The number of pyridine rings is 1. The van der Waals surface area contributed by atoms with E-state index in [0.29, 0.717) is 22.6 Å². The molecule has 0 aliphatic heterocycles. The number of hydrogen-bond acceptors (Lipinski definition) is 6. The van der Waals surface area contributed by atoms with Gasteiger partial charge in [-0.15, -0.1) is 0 Å². The SMILES string of the molecule is CC(C)(N)c1cc(-c2ccc(F)c(Cl)c2)nc(C(CO)(CF)CNC(=O)c2cn3cccnc3n2)c1. The molecule has 0 spiro atoms. The molecule has 4 aromatic rings. The van der Waals surface area contributed by atoms with Crippen LogP contribution in [0.4, 0.5) is 8.78 Å². The summed E-state index contributed by atoms with van der Waals surface area (Å²) in [5.74, 6) is -0.814. The average Bonchev–Trinajstić information content (AvgIpc) is 3.30. The van der Waals surface area contributed by atoms with Gasteiger partial charge in [0.15, 0.2) is 0 Å². The van der Waals surface area contributed by atoms with Crippen LogP contribution in [0, 0.1) is 5.82 Å². The molecule has 0 saturated carbocycles. The van der Waals surface area contributed by atoms with Crippen molar-refractivity contribution in [2.24, 2.45) is 5.73 Å². The normalized spacial score (nSPS) is 13.5. The minimum absolute atomic E-state index is 0.0887. The van der Waals surface area contributed by atoms with E-state index in [0.717, 1.165) is 0 Å². The van der Waals surface area contributed by atoms with Gasteiger partial charge in [0.25, 0.3) is 5.91 Å². The first-order chi connectivity index (χ1) is 17.1. The Morgan fingerprint density at radius 1 is 1.25 bits per heavy atom. The largest absolute Gasteiger partial charge is 0.395 e. The monoisotopic (exact) mass is 514 g/mol. The van der Waals surface area contributed by atoms with E-state index in [2.05, 4.69) is 20.3 Å². The summed E-state index contributed by atoms with van der Waals surface area (Å²) in [5.41, 5.74) is 5.63. The van der Waals surface area contributed by atoms with E-state index in [9.17, 15) is 18.7 Å². The fourth-order valence-electron chi connectivity index (χ4n) is 3.64. The summed E-state index contributed by atoms with van der Waals surface area (Å²) in [6.45, 7) is 1.58. The Balaban J connectivity index is 1.71. The number of alkyl halides is 1. The summed E-state index contributed by atoms with van der Waals surface area (Å²) < 4.78 is 29.9. The van der Waals surface area contributed by atoms with Crippen molar-refractivity contribution in [2.75, 3.05) is 19.8 Å². The molecular weight excluding hydrogens is 490 g/mol. The number of benzene rings is 1. The zero-order chi connectivity index (χ0) is 26.1. The number of aliphatic hydroxyl groups excluding tert-OH is 1. The molecule has 0 aliphatic rings. The first-order valence-electron chi connectivity index (χ1n) is 11.1. The van der Waals surface area contributed by atoms with Crippen LogP contribution in [0.1, 0.15) is 35.6 Å². The lowest BCUT2D eigenvalue weighted by Gasteiger charge is -2.31. The second-order valence-corrected chi connectivity index (χ2v) is 9.59. The quantitative estimate of drug-likeness (QED) is 0.331. The van der Waals surface area contributed by atoms with E-state index in [-0.39, 0.29) is 23.0 Å². The average molecular weight is 515 g/mol. The number of nitrogens with two attached hydrogens (primary N) is 1. The highest BCUT2D eigenvalue weighted by molar-refractivity contribution is 6.31. The first-order valence-corrected chi connectivity index (χ1v) is 11.5. The molecule has 1 unspecified atom stereocenters. The van der Waals surface area contributed by atoms with Gasteiger partial charge >= 0.3 is 0 Å². The lowest BCUT2D eigenvalue weighted by atomic mass is 9.83. The molecule has 0 fully saturated rings. The Morgan fingerprint density at radius 3 is 2.67 bits per heavy atom. The summed E-state index contributed by atoms with van der Waals surface area (Å²) in [6, 6.07) is 9.11. The Hall–Kier alpha value is -3.47. The molecule has 188 valence electrons. The van der Waals surface area contributed by atoms with Gasteiger partial charge in [0.1, 0.15) is 18.2 Å². The van der Waals surface area contributed by atoms with Crippen molar-refractivity contribution in [1.82, 2.24) is 24.7 Å². The third-order valence-electron chi connectivity index (χ3n) is 5.94. The number of rotatable bonds is 8. The minimum atomic E-state index is -1.58. The standard InChI is InChI=1S/C25H25ClF2N6O2/c1-24(2,29)16-9-19(15-4-5-18(28)17(26)8-15)32-21(10-16)25(12-27,14-35)13-31-22(36)20-11-34-7-3-6-30-23(34)33-20/h3-11,35H,12-14,29H2,1-2H3,(H,31,36). The molecule has 4 rings (SSSR count). The van der Waals surface area contributed by atoms with Crippen molar-refractivity contribution < 1.29 is 18.7 Å². The molecule has 1 atom stereocenters. The minimum Gasteiger partial charge on any atom is -0.395 e. The van der Waals surface area contributed by atoms with E-state index in [1.807, 2.05) is 0 Å². The zero-order valence-electron chi connectivity index (χ0n) is 19.7. The van der Waals surface area contributed by atoms with Crippen LogP contribution in [0.25, 0.3) is 17.0 Å². The third-order valence-corrected chi connectivity index (χ3v) is 6.23. The summed E-state index contributed by atoms with van der Waals surface area (Å²) in [7, 11) is 0. The van der Waals surface area contributed by atoms with Crippen molar-refractivity contribution in [3.05, 3.63) is 82.8 Å². The summed E-state index contributed by atoms with van der Waals surface area (Å²) >= 11 is 5.96. The molecule has 0 aliphatic carbocycles. The summed E-state index contributed by atoms with van der Waals surface area (Å²) in [6.07, 6.45) is 4.74. The predicted molar refractivity (Wildman–Crippen MR) is 132 cm³/mol. The number of fused-ring (bicyclic) bond motifs is 1. The smallest absolute Gasteiger partial charge is 0.271 e. The molecule has 0 bridgehead atoms. The van der Waals surface area contributed by atoms with E-state index in [1.165, 1.54) is 24.4 Å². The van der Waals surface area contributed by atoms with Crippen LogP contribution in [0.3, 0.4) is 0 Å². The highest BCUT2D eigenvalue weighted by Gasteiger charge is 2.36. The fourth-order valence-corrected chi connectivity index (χ4v) is 3.82. The van der Waals surface area contributed by atoms with Crippen LogP contribution >= 0.6 is 11.6 Å². The van der Waals surface area contributed by atoms with Crippen LogP contribution in [0.5, 0.6) is 0 Å². The Kier molecular flexibility index (Phi) is 7.03. The molecule has 0 saturated heterocycles. The number of halogens is 3. The maximum absolute atomic E-state index is 14.6. The number of imidazole rings is 1. The summed E-state index contributed by atoms with van der Waals surface area (Å²) in [4.78, 5) is 25.6. The van der Waals surface area contributed by atoms with Crippen molar-refractivity contribution >= 4 is 23.3 Å². The van der Waals surface area contributed by atoms with Crippen molar-refractivity contribution in [2.45, 2.75) is 24.8 Å². The third kappa shape index (κ3) is 5.06. The van der Waals surface area contributed by atoms with Gasteiger partial charge in [-0.1, -0.05) is 11.6 Å². The molecule has 0 radical (unpaired) electrons. The van der Waals surface area contributed by atoms with Crippen molar-refractivity contribution in [3.63, 3.8) is 0 Å². The van der Waals surface area contributed by atoms with E-state index in [4.69, 9.17) is 17.3 Å². The molecule has 3 heterocycles. The molecule has 36 heavy (non-hydrogen) atoms. The van der Waals surface area contributed by atoms with Crippen LogP contribution in [-0.2, 0) is 11.0 Å². The summed E-state index contributed by atoms with van der Waals surface area (Å²) in [5, 5.41) is 12.9. The van der Waals surface area contributed by atoms with Gasteiger partial charge in [0.05, 0.1) is 28.4 Å². The molecular formula is C25H25ClF2N6O2. The topological polar surface area (TPSA) is 118 Å². The Bertz CT molecular complexity index is 1380. The molecule has 4 N–H and O–H groups in total. The number of nitrogens with zero attached hydrogens (tertiary/aromatic N) is 4. The zero-order valence-corrected chi connectivity index (χ0v) is 20.4. The highest BCUT2D eigenvalue weighted by Crippen LogP contribution is 2.32. The maximum atomic E-state index is 14.6. The van der Waals surface area contributed by atoms with Gasteiger partial charge in [0.2, 0.25) is 5.78 Å². The second kappa shape index (κ2) is 9.88. The molecule has 1 amide bonds. The number of amides is 1. The first kappa shape index (κ1) is 25.6. The number of aromatic nitrogens is 4. The van der Waals surface area contributed by atoms with Gasteiger partial charge in [-0.25, -0.2) is 18.7 Å². The van der Waals surface area contributed by atoms with E-state index >= 15 is 0 Å². The number of nitrogens with one attached hydrogen (secondary N) is 1. The molecule has 3 aromatic heterocycles. The lowest BCUT2D eigenvalue weighted by molar-refractivity contribution is 0.0912. The number of hydrogen-bond donors (Lipinski definition) is 3. The number of carbonyl (C=O) groups is 1. The molecule has 1 aromatic carbocycles. The number of carbonyl (C=O) groups excluding carboxylic acids is 1. The van der Waals surface area contributed by atoms with Crippen LogP contribution < -0.4 is 11.1 Å². The van der Waals surface area contributed by atoms with Crippen molar-refractivity contribution in [3.8, 4) is 11.3 Å². The van der Waals surface area contributed by atoms with Gasteiger partial charge in [0, 0.05) is 36.2 Å². The molecule has 11 heteroatoms. The van der Waals surface area contributed by atoms with Crippen LogP contribution in [0.2, 0.25) is 5.02 Å². The van der Waals surface area contributed by atoms with Gasteiger partial charge < -0.3 is 16.2 Å². The van der Waals surface area contributed by atoms with Gasteiger partial charge in [-0.3, -0.25) is 14.2 Å². The van der Waals surface area contributed by atoms with E-state index in [1.54, 1.807) is 48.8 Å². The van der Waals surface area contributed by atoms with Crippen LogP contribution in [-0.4, -0.2) is 50.2 Å². The predicted octanol–water partition coefficient (Wildman–Crippen LogP) is 3.41. The van der Waals surface area contributed by atoms with Crippen molar-refractivity contribution in [1.29, 1.82) is 0 Å². The second-order valence-electron chi connectivity index (χ2n) is 9.18. The Labute approximate surface area is 211 Å².